The van der Waals surface area contributed by atoms with Gasteiger partial charge in [-0.05, 0) is 49.4 Å². The Bertz CT molecular complexity index is 644. The Balaban J connectivity index is 1.34. The second-order valence-electron chi connectivity index (χ2n) is 8.84. The quantitative estimate of drug-likeness (QED) is 0.883. The van der Waals surface area contributed by atoms with E-state index in [0.29, 0.717) is 18.5 Å². The Labute approximate surface area is 163 Å². The molecule has 3 aliphatic heterocycles. The molecule has 0 saturated carbocycles. The third kappa shape index (κ3) is 4.05. The monoisotopic (exact) mass is 371 g/mol. The zero-order chi connectivity index (χ0) is 18.9. The van der Waals surface area contributed by atoms with Crippen LogP contribution >= 0.6 is 0 Å². The molecule has 3 heterocycles. The summed E-state index contributed by atoms with van der Waals surface area (Å²) in [6.45, 7) is 10.6. The first-order chi connectivity index (χ1) is 13.1. The lowest BCUT2D eigenvalue weighted by molar-refractivity contribution is -0.131. The number of benzene rings is 1. The zero-order valence-electron chi connectivity index (χ0n) is 16.7. The van der Waals surface area contributed by atoms with Crippen LogP contribution in [0.25, 0.3) is 0 Å². The molecule has 1 spiro atoms. The average molecular weight is 372 g/mol. The number of nitrogens with zero attached hydrogens (tertiary/aromatic N) is 2. The molecule has 0 radical (unpaired) electrons. The molecule has 0 bridgehead atoms. The first-order valence-electron chi connectivity index (χ1n) is 10.5. The van der Waals surface area contributed by atoms with E-state index in [1.54, 1.807) is 0 Å². The van der Waals surface area contributed by atoms with Crippen molar-refractivity contribution in [1.29, 1.82) is 0 Å². The van der Waals surface area contributed by atoms with Crippen molar-refractivity contribution >= 4 is 5.91 Å². The Hall–Kier alpha value is -1.43. The van der Waals surface area contributed by atoms with Crippen molar-refractivity contribution in [2.45, 2.75) is 57.2 Å². The van der Waals surface area contributed by atoms with Crippen LogP contribution in [0.15, 0.2) is 24.3 Å². The van der Waals surface area contributed by atoms with Crippen LogP contribution in [0.1, 0.15) is 50.2 Å². The second-order valence-corrected chi connectivity index (χ2v) is 8.84. The third-order valence-corrected chi connectivity index (χ3v) is 6.67. The van der Waals surface area contributed by atoms with E-state index in [-0.39, 0.29) is 11.4 Å². The van der Waals surface area contributed by atoms with E-state index in [4.69, 9.17) is 4.74 Å². The fourth-order valence-electron chi connectivity index (χ4n) is 4.88. The predicted molar refractivity (Wildman–Crippen MR) is 107 cm³/mol. The molecule has 0 aromatic heterocycles. The van der Waals surface area contributed by atoms with E-state index in [0.717, 1.165) is 58.7 Å². The fraction of sp³-hybridized carbons (Fsp3) is 0.682. The molecule has 1 atom stereocenters. The van der Waals surface area contributed by atoms with Crippen LogP contribution in [0, 0.1) is 0 Å². The zero-order valence-corrected chi connectivity index (χ0v) is 16.7. The molecule has 1 aromatic rings. The molecule has 1 amide bonds. The molecule has 0 aliphatic carbocycles. The average Bonchev–Trinajstić information content (AvgIpc) is 3.14. The molecular weight excluding hydrogens is 338 g/mol. The van der Waals surface area contributed by atoms with Gasteiger partial charge in [0.25, 0.3) is 0 Å². The van der Waals surface area contributed by atoms with Gasteiger partial charge in [-0.25, -0.2) is 0 Å². The normalized spacial score (nSPS) is 28.2. The summed E-state index contributed by atoms with van der Waals surface area (Å²) in [4.78, 5) is 17.1. The van der Waals surface area contributed by atoms with Crippen LogP contribution < -0.4 is 5.32 Å². The molecule has 1 unspecified atom stereocenters. The summed E-state index contributed by atoms with van der Waals surface area (Å²) >= 11 is 0. The van der Waals surface area contributed by atoms with Crippen LogP contribution in [0.4, 0.5) is 0 Å². The van der Waals surface area contributed by atoms with Gasteiger partial charge in [0.15, 0.2) is 0 Å². The SMILES string of the molecule is CC(C)c1ccc(CN2CCC(N3CC(=O)NCC34CCOC4)CC2)cc1. The Morgan fingerprint density at radius 1 is 1.22 bits per heavy atom. The number of hydrogen-bond donors (Lipinski definition) is 1. The molecule has 148 valence electrons. The van der Waals surface area contributed by atoms with E-state index in [2.05, 4.69) is 53.2 Å². The smallest absolute Gasteiger partial charge is 0.234 e. The van der Waals surface area contributed by atoms with Gasteiger partial charge in [-0.15, -0.1) is 0 Å². The van der Waals surface area contributed by atoms with Gasteiger partial charge in [-0.1, -0.05) is 38.1 Å². The summed E-state index contributed by atoms with van der Waals surface area (Å²) in [6.07, 6.45) is 3.31. The number of piperidine rings is 1. The number of nitrogens with one attached hydrogen (secondary N) is 1. The maximum Gasteiger partial charge on any atom is 0.234 e. The molecule has 3 saturated heterocycles. The molecule has 4 rings (SSSR count). The largest absolute Gasteiger partial charge is 0.379 e. The first kappa shape index (κ1) is 18.9. The molecule has 27 heavy (non-hydrogen) atoms. The molecule has 3 aliphatic rings. The van der Waals surface area contributed by atoms with Gasteiger partial charge in [-0.2, -0.15) is 0 Å². The molecule has 3 fully saturated rings. The molecule has 5 nitrogen and oxygen atoms in total. The predicted octanol–water partition coefficient (Wildman–Crippen LogP) is 2.37. The topological polar surface area (TPSA) is 44.8 Å². The van der Waals surface area contributed by atoms with E-state index in [9.17, 15) is 4.79 Å². The van der Waals surface area contributed by atoms with Crippen LogP contribution in [-0.4, -0.2) is 66.7 Å². The summed E-state index contributed by atoms with van der Waals surface area (Å²) in [5, 5.41) is 3.07. The number of carbonyl (C=O) groups excluding carboxylic acids is 1. The number of hydrogen-bond acceptors (Lipinski definition) is 4. The van der Waals surface area contributed by atoms with Gasteiger partial charge in [-0.3, -0.25) is 14.6 Å². The highest BCUT2D eigenvalue weighted by atomic mass is 16.5. The summed E-state index contributed by atoms with van der Waals surface area (Å²) in [5.41, 5.74) is 2.84. The minimum absolute atomic E-state index is 0.0351. The van der Waals surface area contributed by atoms with Crippen LogP contribution in [0.3, 0.4) is 0 Å². The number of amides is 1. The van der Waals surface area contributed by atoms with E-state index in [1.165, 1.54) is 11.1 Å². The standard InChI is InChI=1S/C22H33N3O2/c1-17(2)19-5-3-18(4-6-19)13-24-10-7-20(8-11-24)25-14-21(26)23-15-22(25)9-12-27-16-22/h3-6,17,20H,7-16H2,1-2H3,(H,23,26). The fourth-order valence-corrected chi connectivity index (χ4v) is 4.88. The van der Waals surface area contributed by atoms with E-state index in [1.807, 2.05) is 0 Å². The lowest BCUT2D eigenvalue weighted by atomic mass is 9.89. The summed E-state index contributed by atoms with van der Waals surface area (Å²) in [7, 11) is 0. The van der Waals surface area contributed by atoms with Gasteiger partial charge >= 0.3 is 0 Å². The van der Waals surface area contributed by atoms with Gasteiger partial charge in [0.05, 0.1) is 18.7 Å². The van der Waals surface area contributed by atoms with Gasteiger partial charge in [0, 0.05) is 25.7 Å². The van der Waals surface area contributed by atoms with Crippen molar-refractivity contribution in [2.24, 2.45) is 0 Å². The summed E-state index contributed by atoms with van der Waals surface area (Å²) in [5.74, 6) is 0.753. The van der Waals surface area contributed by atoms with Gasteiger partial charge in [0.2, 0.25) is 5.91 Å². The van der Waals surface area contributed by atoms with Crippen molar-refractivity contribution in [3.8, 4) is 0 Å². The van der Waals surface area contributed by atoms with Crippen molar-refractivity contribution < 1.29 is 9.53 Å². The van der Waals surface area contributed by atoms with E-state index < -0.39 is 0 Å². The Morgan fingerprint density at radius 2 is 1.96 bits per heavy atom. The molecule has 1 aromatic carbocycles. The van der Waals surface area contributed by atoms with Gasteiger partial charge in [0.1, 0.15) is 0 Å². The number of rotatable bonds is 4. The van der Waals surface area contributed by atoms with Crippen molar-refractivity contribution in [3.05, 3.63) is 35.4 Å². The van der Waals surface area contributed by atoms with Crippen molar-refractivity contribution in [2.75, 3.05) is 39.4 Å². The minimum Gasteiger partial charge on any atom is -0.379 e. The lowest BCUT2D eigenvalue weighted by Crippen LogP contribution is -2.67. The maximum absolute atomic E-state index is 12.0. The van der Waals surface area contributed by atoms with Crippen molar-refractivity contribution in [1.82, 2.24) is 15.1 Å². The Morgan fingerprint density at radius 3 is 2.59 bits per heavy atom. The summed E-state index contributed by atoms with van der Waals surface area (Å²) in [6, 6.07) is 9.59. The van der Waals surface area contributed by atoms with Crippen molar-refractivity contribution in [3.63, 3.8) is 0 Å². The first-order valence-corrected chi connectivity index (χ1v) is 10.5. The maximum atomic E-state index is 12.0. The summed E-state index contributed by atoms with van der Waals surface area (Å²) < 4.78 is 5.72. The highest BCUT2D eigenvalue weighted by Crippen LogP contribution is 2.33. The number of piperazine rings is 1. The number of carbonyl (C=O) groups is 1. The molecule has 1 N–H and O–H groups in total. The van der Waals surface area contributed by atoms with Crippen LogP contribution in [0.5, 0.6) is 0 Å². The Kier molecular flexibility index (Phi) is 5.53. The highest BCUT2D eigenvalue weighted by molar-refractivity contribution is 5.79. The molecule has 5 heteroatoms. The van der Waals surface area contributed by atoms with E-state index >= 15 is 0 Å². The number of ether oxygens (including phenoxy) is 1. The third-order valence-electron chi connectivity index (χ3n) is 6.67. The molecular formula is C22H33N3O2. The van der Waals surface area contributed by atoms with Crippen LogP contribution in [0.2, 0.25) is 0 Å². The second kappa shape index (κ2) is 7.90. The van der Waals surface area contributed by atoms with Crippen LogP contribution in [-0.2, 0) is 16.1 Å². The van der Waals surface area contributed by atoms with Gasteiger partial charge < -0.3 is 10.1 Å². The minimum atomic E-state index is 0.0351. The highest BCUT2D eigenvalue weighted by Gasteiger charge is 2.47. The lowest BCUT2D eigenvalue weighted by Gasteiger charge is -2.49. The number of likely N-dealkylation sites (tertiary alicyclic amines) is 1.